The zero-order chi connectivity index (χ0) is 27.3. The molecule has 0 saturated carbocycles. The Kier molecular flexibility index (Phi) is 9.14. The molecule has 0 saturated heterocycles. The first kappa shape index (κ1) is 29.1. The molecule has 196 valence electrons. The van der Waals surface area contributed by atoms with Gasteiger partial charge in [-0.25, -0.2) is 8.42 Å². The molecule has 0 aliphatic carbocycles. The molecule has 0 unspecified atom stereocenters. The van der Waals surface area contributed by atoms with Crippen LogP contribution >= 0.6 is 0 Å². The van der Waals surface area contributed by atoms with Gasteiger partial charge in [0.15, 0.2) is 9.84 Å². The van der Waals surface area contributed by atoms with Crippen molar-refractivity contribution in [1.29, 1.82) is 5.26 Å². The van der Waals surface area contributed by atoms with Crippen molar-refractivity contribution in [3.8, 4) is 17.2 Å². The zero-order valence-corrected chi connectivity index (χ0v) is 19.9. The van der Waals surface area contributed by atoms with Crippen LogP contribution in [0.2, 0.25) is 0 Å². The van der Waals surface area contributed by atoms with E-state index in [1.54, 1.807) is 6.07 Å². The van der Waals surface area contributed by atoms with Gasteiger partial charge in [0.25, 0.3) is 0 Å². The molecule has 2 aromatic rings. The second-order valence-corrected chi connectivity index (χ2v) is 10.2. The maximum atomic E-state index is 13.9. The van der Waals surface area contributed by atoms with Crippen molar-refractivity contribution < 1.29 is 39.6 Å². The fourth-order valence-electron chi connectivity index (χ4n) is 3.33. The molecule has 6 nitrogen and oxygen atoms in total. The highest BCUT2D eigenvalue weighted by molar-refractivity contribution is 7.90. The van der Waals surface area contributed by atoms with Crippen LogP contribution in [0.1, 0.15) is 24.9 Å². The Morgan fingerprint density at radius 1 is 0.944 bits per heavy atom. The number of nitrogens with one attached hydrogen (secondary N) is 2. The predicted octanol–water partition coefficient (Wildman–Crippen LogP) is 4.55. The van der Waals surface area contributed by atoms with Gasteiger partial charge >= 0.3 is 12.4 Å². The molecule has 0 spiro atoms. The second-order valence-electron chi connectivity index (χ2n) is 8.17. The van der Waals surface area contributed by atoms with Crippen molar-refractivity contribution in [3.63, 3.8) is 0 Å². The summed E-state index contributed by atoms with van der Waals surface area (Å²) in [4.78, 5) is 12.4. The first-order valence-electron chi connectivity index (χ1n) is 10.5. The Balaban J connectivity index is 2.35. The highest BCUT2D eigenvalue weighted by atomic mass is 32.2. The molecule has 0 bridgehead atoms. The van der Waals surface area contributed by atoms with Crippen LogP contribution in [-0.4, -0.2) is 45.5 Å². The van der Waals surface area contributed by atoms with Gasteiger partial charge in [0, 0.05) is 6.26 Å². The van der Waals surface area contributed by atoms with E-state index < -0.39 is 59.1 Å². The summed E-state index contributed by atoms with van der Waals surface area (Å²) in [5, 5.41) is 12.6. The molecule has 2 rings (SSSR count). The summed E-state index contributed by atoms with van der Waals surface area (Å²) in [6.45, 7) is 0.166. The van der Waals surface area contributed by atoms with Gasteiger partial charge in [-0.3, -0.25) is 10.1 Å². The molecule has 0 aromatic heterocycles. The molecule has 13 heteroatoms. The Morgan fingerprint density at radius 3 is 1.86 bits per heavy atom. The van der Waals surface area contributed by atoms with E-state index in [1.807, 2.05) is 10.6 Å². The monoisotopic (exact) mass is 535 g/mol. The van der Waals surface area contributed by atoms with E-state index in [9.17, 15) is 39.6 Å². The number of rotatable bonds is 9. The quantitative estimate of drug-likeness (QED) is 0.363. The third-order valence-electron chi connectivity index (χ3n) is 5.36. The smallest absolute Gasteiger partial charge is 0.342 e. The Hall–Kier alpha value is -3.11. The average molecular weight is 536 g/mol. The minimum atomic E-state index is -4.96. The number of hydrogen-bond donors (Lipinski definition) is 2. The molecule has 36 heavy (non-hydrogen) atoms. The van der Waals surface area contributed by atoms with Gasteiger partial charge in [0.2, 0.25) is 5.91 Å². The minimum absolute atomic E-state index is 0.0676. The lowest BCUT2D eigenvalue weighted by atomic mass is 9.96. The van der Waals surface area contributed by atoms with Crippen molar-refractivity contribution in [1.82, 2.24) is 10.6 Å². The number of alkyl halides is 6. The number of carbonyl (C=O) groups is 1. The molecule has 2 N–H and O–H groups in total. The number of nitriles is 1. The van der Waals surface area contributed by atoms with Crippen molar-refractivity contribution in [2.24, 2.45) is 5.92 Å². The molecule has 3 atom stereocenters. The van der Waals surface area contributed by atoms with Gasteiger partial charge in [-0.15, -0.1) is 0 Å². The van der Waals surface area contributed by atoms with E-state index in [4.69, 9.17) is 5.26 Å². The first-order chi connectivity index (χ1) is 16.5. The molecule has 0 radical (unpaired) electrons. The summed E-state index contributed by atoms with van der Waals surface area (Å²) in [6, 6.07) is 7.77. The van der Waals surface area contributed by atoms with E-state index in [0.29, 0.717) is 11.1 Å². The van der Waals surface area contributed by atoms with Gasteiger partial charge in [-0.1, -0.05) is 43.3 Å². The van der Waals surface area contributed by atoms with Gasteiger partial charge in [-0.05, 0) is 35.2 Å². The van der Waals surface area contributed by atoms with Crippen LogP contribution < -0.4 is 10.6 Å². The second kappa shape index (κ2) is 11.3. The normalized spacial score (nSPS) is 15.0. The topological polar surface area (TPSA) is 99.1 Å². The standard InChI is InChI=1S/C23H23F6N3O3S/c1-14(22(24,25)26)13-19(21(33)31-12-11-30)32-20(23(27,28)29)17-5-3-15(4-6-17)16-7-9-18(10-8-16)36(2,34)35/h3-10,14,19-20,32H,12-13H2,1-2H3,(H,31,33)/t14-,19+,20+/m1/s1. The molecule has 1 amide bonds. The fraction of sp³-hybridized carbons (Fsp3) is 0.391. The van der Waals surface area contributed by atoms with Crippen LogP contribution in [-0.2, 0) is 14.6 Å². The lowest BCUT2D eigenvalue weighted by Crippen LogP contribution is -2.50. The van der Waals surface area contributed by atoms with Crippen LogP contribution in [0, 0.1) is 17.2 Å². The summed E-state index contributed by atoms with van der Waals surface area (Å²) >= 11 is 0. The molecule has 0 fully saturated rings. The zero-order valence-electron chi connectivity index (χ0n) is 19.1. The highest BCUT2D eigenvalue weighted by Crippen LogP contribution is 2.36. The largest absolute Gasteiger partial charge is 0.407 e. The van der Waals surface area contributed by atoms with Gasteiger partial charge in [0.05, 0.1) is 22.9 Å². The van der Waals surface area contributed by atoms with Crippen molar-refractivity contribution in [2.75, 3.05) is 12.8 Å². The van der Waals surface area contributed by atoms with E-state index in [2.05, 4.69) is 0 Å². The van der Waals surface area contributed by atoms with Crippen molar-refractivity contribution >= 4 is 15.7 Å². The van der Waals surface area contributed by atoms with Gasteiger partial charge < -0.3 is 5.32 Å². The molecule has 0 heterocycles. The molecular formula is C23H23F6N3O3S. The number of amides is 1. The summed E-state index contributed by atoms with van der Waals surface area (Å²) in [6.07, 6.45) is -9.64. The summed E-state index contributed by atoms with van der Waals surface area (Å²) in [5.74, 6) is -3.25. The molecule has 0 aliphatic heterocycles. The highest BCUT2D eigenvalue weighted by Gasteiger charge is 2.45. The number of carbonyl (C=O) groups excluding carboxylic acids is 1. The SMILES string of the molecule is C[C@H](C[C@H](N[C@@H](c1ccc(-c2ccc(S(C)(=O)=O)cc2)cc1)C(F)(F)F)C(=O)NCC#N)C(F)(F)F. The van der Waals surface area contributed by atoms with E-state index in [0.717, 1.165) is 25.3 Å². The Morgan fingerprint density at radius 2 is 1.44 bits per heavy atom. The number of hydrogen-bond acceptors (Lipinski definition) is 5. The van der Waals surface area contributed by atoms with Gasteiger partial charge in [-0.2, -0.15) is 31.6 Å². The fourth-order valence-corrected chi connectivity index (χ4v) is 3.96. The molecule has 2 aromatic carbocycles. The van der Waals surface area contributed by atoms with Gasteiger partial charge in [0.1, 0.15) is 12.6 Å². The summed E-state index contributed by atoms with van der Waals surface area (Å²) in [5.41, 5.74) is 0.642. The summed E-state index contributed by atoms with van der Waals surface area (Å²) < 4.78 is 104. The van der Waals surface area contributed by atoms with E-state index >= 15 is 0 Å². The van der Waals surface area contributed by atoms with E-state index in [-0.39, 0.29) is 10.5 Å². The Labute approximate surface area is 204 Å². The third-order valence-corrected chi connectivity index (χ3v) is 6.49. The maximum Gasteiger partial charge on any atom is 0.407 e. The average Bonchev–Trinajstić information content (AvgIpc) is 2.78. The van der Waals surface area contributed by atoms with Crippen LogP contribution in [0.4, 0.5) is 26.3 Å². The van der Waals surface area contributed by atoms with Crippen LogP contribution in [0.15, 0.2) is 53.4 Å². The number of nitrogens with zero attached hydrogens (tertiary/aromatic N) is 1. The van der Waals surface area contributed by atoms with Crippen molar-refractivity contribution in [2.45, 2.75) is 42.7 Å². The third kappa shape index (κ3) is 7.96. The van der Waals surface area contributed by atoms with Crippen LogP contribution in [0.3, 0.4) is 0 Å². The minimum Gasteiger partial charge on any atom is -0.342 e. The predicted molar refractivity (Wildman–Crippen MR) is 119 cm³/mol. The van der Waals surface area contributed by atoms with Crippen LogP contribution in [0.5, 0.6) is 0 Å². The maximum absolute atomic E-state index is 13.9. The molecule has 0 aliphatic rings. The van der Waals surface area contributed by atoms with Crippen molar-refractivity contribution in [3.05, 3.63) is 54.1 Å². The lowest BCUT2D eigenvalue weighted by molar-refractivity contribution is -0.177. The lowest BCUT2D eigenvalue weighted by Gasteiger charge is -2.29. The number of sulfone groups is 1. The summed E-state index contributed by atoms with van der Waals surface area (Å²) in [7, 11) is -3.43. The number of benzene rings is 2. The first-order valence-corrected chi connectivity index (χ1v) is 12.4. The Bertz CT molecular complexity index is 1190. The molecular weight excluding hydrogens is 512 g/mol. The van der Waals surface area contributed by atoms with E-state index in [1.165, 1.54) is 36.4 Å². The van der Waals surface area contributed by atoms with Crippen LogP contribution in [0.25, 0.3) is 11.1 Å². The number of halogens is 6.